The monoisotopic (exact) mass is 403 g/mol. The van der Waals surface area contributed by atoms with Crippen LogP contribution in [-0.4, -0.2) is 34.2 Å². The Labute approximate surface area is 165 Å². The number of carboxylic acid groups (broad SMARTS) is 1. The third kappa shape index (κ3) is 4.96. The number of aromatic nitrogens is 2. The molecule has 6 nitrogen and oxygen atoms in total. The van der Waals surface area contributed by atoms with Crippen molar-refractivity contribution in [2.45, 2.75) is 13.3 Å². The molecule has 0 radical (unpaired) electrons. The average molecular weight is 404 g/mol. The zero-order chi connectivity index (χ0) is 19.2. The average Bonchev–Trinajstić information content (AvgIpc) is 3.08. The molecule has 0 fully saturated rings. The maximum atomic E-state index is 11.4. The lowest BCUT2D eigenvalue weighted by atomic mass is 10.1. The number of halogens is 1. The highest BCUT2D eigenvalue weighted by Crippen LogP contribution is 2.36. The van der Waals surface area contributed by atoms with E-state index in [0.717, 1.165) is 27.7 Å². The second-order valence-corrected chi connectivity index (χ2v) is 7.12. The number of hydrogen-bond acceptors (Lipinski definition) is 6. The molecule has 1 aromatic carbocycles. The Bertz CT molecular complexity index is 928. The van der Waals surface area contributed by atoms with E-state index in [9.17, 15) is 9.90 Å². The topological polar surface area (TPSA) is 84.3 Å². The molecule has 8 heteroatoms. The molecule has 0 amide bonds. The van der Waals surface area contributed by atoms with Gasteiger partial charge in [-0.05, 0) is 31.0 Å². The van der Waals surface area contributed by atoms with Gasteiger partial charge in [0.15, 0.2) is 4.88 Å². The number of carbonyl (C=O) groups is 1. The van der Waals surface area contributed by atoms with Gasteiger partial charge in [-0.1, -0.05) is 23.7 Å². The van der Waals surface area contributed by atoms with Crippen LogP contribution in [-0.2, 0) is 6.42 Å². The maximum absolute atomic E-state index is 11.4. The van der Waals surface area contributed by atoms with Crippen molar-refractivity contribution in [3.63, 3.8) is 0 Å². The van der Waals surface area contributed by atoms with Crippen molar-refractivity contribution >= 4 is 34.7 Å². The molecule has 3 rings (SSSR count). The highest BCUT2D eigenvalue weighted by atomic mass is 35.5. The Morgan fingerprint density at radius 1 is 1.26 bits per heavy atom. The second kappa shape index (κ2) is 8.83. The summed E-state index contributed by atoms with van der Waals surface area (Å²) in [7, 11) is 0. The van der Waals surface area contributed by atoms with Crippen molar-refractivity contribution in [2.75, 3.05) is 18.5 Å². The number of carboxylic acids is 1. The summed E-state index contributed by atoms with van der Waals surface area (Å²) in [6.07, 6.45) is 2.29. The summed E-state index contributed by atoms with van der Waals surface area (Å²) in [5.41, 5.74) is 1.82. The number of anilines is 1. The number of rotatable bonds is 8. The molecule has 0 saturated carbocycles. The van der Waals surface area contributed by atoms with Crippen LogP contribution in [0.5, 0.6) is 5.75 Å². The lowest BCUT2D eigenvalue weighted by Gasteiger charge is -2.06. The second-order valence-electron chi connectivity index (χ2n) is 5.63. The summed E-state index contributed by atoms with van der Waals surface area (Å²) in [5.74, 6) is 0.0307. The van der Waals surface area contributed by atoms with Crippen molar-refractivity contribution in [3.05, 3.63) is 58.2 Å². The first-order valence-corrected chi connectivity index (χ1v) is 9.57. The van der Waals surface area contributed by atoms with Crippen LogP contribution in [0.2, 0.25) is 5.02 Å². The Morgan fingerprint density at radius 3 is 2.74 bits per heavy atom. The summed E-state index contributed by atoms with van der Waals surface area (Å²) in [4.78, 5) is 20.8. The van der Waals surface area contributed by atoms with Crippen LogP contribution in [0.1, 0.15) is 22.2 Å². The fraction of sp³-hybridized carbons (Fsp3) is 0.211. The molecule has 2 heterocycles. The Hall–Kier alpha value is -2.64. The number of benzene rings is 1. The normalized spacial score (nSPS) is 10.6. The number of ether oxygens (including phenoxy) is 1. The van der Waals surface area contributed by atoms with E-state index in [4.69, 9.17) is 16.3 Å². The van der Waals surface area contributed by atoms with E-state index in [-0.39, 0.29) is 4.88 Å². The molecule has 3 aromatic rings. The minimum absolute atomic E-state index is 0.169. The van der Waals surface area contributed by atoms with Crippen molar-refractivity contribution in [2.24, 2.45) is 0 Å². The van der Waals surface area contributed by atoms with Crippen LogP contribution < -0.4 is 10.1 Å². The molecular weight excluding hydrogens is 386 g/mol. The SMILES string of the molecule is CCOc1cc(-c2cc(NCCc3ccc(Cl)cc3)ncn2)sc1C(=O)O. The van der Waals surface area contributed by atoms with Crippen LogP contribution >= 0.6 is 22.9 Å². The lowest BCUT2D eigenvalue weighted by Crippen LogP contribution is -2.06. The third-order valence-corrected chi connectivity index (χ3v) is 5.12. The number of nitrogens with one attached hydrogen (secondary N) is 1. The molecule has 0 atom stereocenters. The number of aromatic carboxylic acids is 1. The van der Waals surface area contributed by atoms with Crippen molar-refractivity contribution in [1.29, 1.82) is 0 Å². The van der Waals surface area contributed by atoms with Gasteiger partial charge in [-0.3, -0.25) is 0 Å². The Kier molecular flexibility index (Phi) is 6.26. The molecule has 0 unspecified atom stereocenters. The molecule has 27 heavy (non-hydrogen) atoms. The van der Waals surface area contributed by atoms with E-state index in [1.807, 2.05) is 31.2 Å². The number of hydrogen-bond donors (Lipinski definition) is 2. The molecule has 2 N–H and O–H groups in total. The fourth-order valence-electron chi connectivity index (χ4n) is 2.49. The molecule has 0 aliphatic heterocycles. The number of thiophene rings is 1. The largest absolute Gasteiger partial charge is 0.492 e. The first-order chi connectivity index (χ1) is 13.1. The van der Waals surface area contributed by atoms with Crippen molar-refractivity contribution < 1.29 is 14.6 Å². The predicted octanol–water partition coefficient (Wildman–Crippen LogP) is 4.61. The van der Waals surface area contributed by atoms with E-state index < -0.39 is 5.97 Å². The van der Waals surface area contributed by atoms with E-state index in [1.165, 1.54) is 11.9 Å². The Balaban J connectivity index is 1.70. The van der Waals surface area contributed by atoms with Gasteiger partial charge >= 0.3 is 5.97 Å². The van der Waals surface area contributed by atoms with Crippen LogP contribution in [0.3, 0.4) is 0 Å². The van der Waals surface area contributed by atoms with Gasteiger partial charge in [0.05, 0.1) is 17.2 Å². The van der Waals surface area contributed by atoms with Crippen LogP contribution in [0.4, 0.5) is 5.82 Å². The maximum Gasteiger partial charge on any atom is 0.349 e. The molecule has 0 spiro atoms. The molecule has 140 valence electrons. The van der Waals surface area contributed by atoms with Gasteiger partial charge in [0, 0.05) is 23.7 Å². The summed E-state index contributed by atoms with van der Waals surface area (Å²) in [6, 6.07) is 11.2. The van der Waals surface area contributed by atoms with Gasteiger partial charge in [0.1, 0.15) is 17.9 Å². The fourth-order valence-corrected chi connectivity index (χ4v) is 3.52. The van der Waals surface area contributed by atoms with E-state index in [0.29, 0.717) is 30.4 Å². The zero-order valence-corrected chi connectivity index (χ0v) is 16.2. The minimum Gasteiger partial charge on any atom is -0.492 e. The molecule has 2 aromatic heterocycles. The van der Waals surface area contributed by atoms with Crippen LogP contribution in [0, 0.1) is 0 Å². The molecule has 0 saturated heterocycles. The zero-order valence-electron chi connectivity index (χ0n) is 14.6. The quantitative estimate of drug-likeness (QED) is 0.571. The smallest absolute Gasteiger partial charge is 0.349 e. The van der Waals surface area contributed by atoms with Gasteiger partial charge in [-0.25, -0.2) is 14.8 Å². The molecule has 0 bridgehead atoms. The lowest BCUT2D eigenvalue weighted by molar-refractivity contribution is 0.0698. The highest BCUT2D eigenvalue weighted by molar-refractivity contribution is 7.17. The van der Waals surface area contributed by atoms with Crippen molar-refractivity contribution in [1.82, 2.24) is 9.97 Å². The van der Waals surface area contributed by atoms with Crippen molar-refractivity contribution in [3.8, 4) is 16.3 Å². The van der Waals surface area contributed by atoms with Gasteiger partial charge < -0.3 is 15.2 Å². The molecule has 0 aliphatic rings. The van der Waals surface area contributed by atoms with Gasteiger partial charge in [-0.15, -0.1) is 11.3 Å². The predicted molar refractivity (Wildman–Crippen MR) is 107 cm³/mol. The van der Waals surface area contributed by atoms with Crippen LogP contribution in [0.25, 0.3) is 10.6 Å². The van der Waals surface area contributed by atoms with E-state index >= 15 is 0 Å². The summed E-state index contributed by atoms with van der Waals surface area (Å²) >= 11 is 7.03. The van der Waals surface area contributed by atoms with Crippen LogP contribution in [0.15, 0.2) is 42.7 Å². The first kappa shape index (κ1) is 19.1. The summed E-state index contributed by atoms with van der Waals surface area (Å²) in [5, 5.41) is 13.3. The van der Waals surface area contributed by atoms with E-state index in [1.54, 1.807) is 12.1 Å². The van der Waals surface area contributed by atoms with Gasteiger partial charge in [0.2, 0.25) is 0 Å². The minimum atomic E-state index is -1.01. The standard InChI is InChI=1S/C19H18ClN3O3S/c1-2-26-15-10-16(27-18(15)19(24)25)14-9-17(23-11-22-14)21-8-7-12-3-5-13(20)6-4-12/h3-6,9-11H,2,7-8H2,1H3,(H,24,25)(H,21,22,23). The van der Waals surface area contributed by atoms with E-state index in [2.05, 4.69) is 15.3 Å². The third-order valence-electron chi connectivity index (χ3n) is 3.74. The Morgan fingerprint density at radius 2 is 2.04 bits per heavy atom. The van der Waals surface area contributed by atoms with Gasteiger partial charge in [0.25, 0.3) is 0 Å². The first-order valence-electron chi connectivity index (χ1n) is 8.37. The van der Waals surface area contributed by atoms with Gasteiger partial charge in [-0.2, -0.15) is 0 Å². The summed E-state index contributed by atoms with van der Waals surface area (Å²) in [6.45, 7) is 2.92. The molecule has 0 aliphatic carbocycles. The number of nitrogens with zero attached hydrogens (tertiary/aromatic N) is 2. The summed E-state index contributed by atoms with van der Waals surface area (Å²) < 4.78 is 5.41. The molecular formula is C19H18ClN3O3S. The highest BCUT2D eigenvalue weighted by Gasteiger charge is 2.18.